The van der Waals surface area contributed by atoms with Crippen LogP contribution in [0.1, 0.15) is 36.9 Å². The lowest BCUT2D eigenvalue weighted by atomic mass is 10.2. The quantitative estimate of drug-likeness (QED) is 0.271. The zero-order valence-electron chi connectivity index (χ0n) is 21.9. The molecule has 0 aliphatic carbocycles. The van der Waals surface area contributed by atoms with Gasteiger partial charge in [-0.25, -0.2) is 9.78 Å². The fourth-order valence-corrected chi connectivity index (χ4v) is 5.87. The van der Waals surface area contributed by atoms with E-state index in [-0.39, 0.29) is 12.0 Å². The zero-order valence-corrected chi connectivity index (χ0v) is 23.5. The van der Waals surface area contributed by atoms with Crippen LogP contribution in [0.25, 0.3) is 22.4 Å². The van der Waals surface area contributed by atoms with Crippen molar-refractivity contribution in [2.45, 2.75) is 32.8 Å². The van der Waals surface area contributed by atoms with Gasteiger partial charge in [-0.15, -0.1) is 22.7 Å². The molecule has 8 nitrogen and oxygen atoms in total. The molecule has 0 unspecified atom stereocenters. The van der Waals surface area contributed by atoms with Crippen LogP contribution in [0.2, 0.25) is 0 Å². The summed E-state index contributed by atoms with van der Waals surface area (Å²) in [5.74, 6) is 0.653. The fourth-order valence-electron chi connectivity index (χ4n) is 4.36. The number of fused-ring (bicyclic) bond motifs is 1. The van der Waals surface area contributed by atoms with Gasteiger partial charge in [-0.1, -0.05) is 24.3 Å². The van der Waals surface area contributed by atoms with Crippen molar-refractivity contribution in [1.29, 1.82) is 0 Å². The van der Waals surface area contributed by atoms with E-state index in [1.54, 1.807) is 9.80 Å². The minimum Gasteiger partial charge on any atom is -0.454 e. The highest BCUT2D eigenvalue weighted by Crippen LogP contribution is 2.32. The summed E-state index contributed by atoms with van der Waals surface area (Å²) in [6.07, 6.45) is 0.539. The Kier molecular flexibility index (Phi) is 7.83. The number of piperazine rings is 1. The average Bonchev–Trinajstić information content (AvgIpc) is 3.66. The summed E-state index contributed by atoms with van der Waals surface area (Å²) in [5.41, 5.74) is 1.05. The lowest BCUT2D eigenvalue weighted by molar-refractivity contribution is 0.0144. The van der Waals surface area contributed by atoms with Gasteiger partial charge in [0.2, 0.25) is 0 Å². The Labute approximate surface area is 230 Å². The van der Waals surface area contributed by atoms with Crippen LogP contribution < -0.4 is 4.90 Å². The van der Waals surface area contributed by atoms with E-state index in [0.717, 1.165) is 42.7 Å². The van der Waals surface area contributed by atoms with E-state index >= 15 is 0 Å². The molecule has 0 saturated carbocycles. The van der Waals surface area contributed by atoms with Crippen molar-refractivity contribution in [1.82, 2.24) is 14.8 Å². The Morgan fingerprint density at radius 3 is 2.58 bits per heavy atom. The van der Waals surface area contributed by atoms with Gasteiger partial charge in [0.05, 0.1) is 4.88 Å². The molecule has 38 heavy (non-hydrogen) atoms. The normalized spacial score (nSPS) is 14.7. The number of ether oxygens (including phenoxy) is 1. The molecule has 1 aliphatic heterocycles. The van der Waals surface area contributed by atoms with Crippen molar-refractivity contribution in [2.24, 2.45) is 0 Å². The highest BCUT2D eigenvalue weighted by molar-refractivity contribution is 7.14. The van der Waals surface area contributed by atoms with E-state index < -0.39 is 5.60 Å². The summed E-state index contributed by atoms with van der Waals surface area (Å²) in [4.78, 5) is 37.1. The predicted molar refractivity (Wildman–Crippen MR) is 152 cm³/mol. The largest absolute Gasteiger partial charge is 0.454 e. The topological polar surface area (TPSA) is 79.1 Å². The van der Waals surface area contributed by atoms with Crippen LogP contribution in [0.5, 0.6) is 0 Å². The number of rotatable bonds is 7. The summed E-state index contributed by atoms with van der Waals surface area (Å²) in [6.45, 7) is 9.87. The first-order valence-corrected chi connectivity index (χ1v) is 14.5. The molecule has 200 valence electrons. The number of hydrogen-bond donors (Lipinski definition) is 0. The average molecular weight is 553 g/mol. The van der Waals surface area contributed by atoms with Gasteiger partial charge in [-0.3, -0.25) is 14.6 Å². The molecular formula is C28H32N4O4S2. The van der Waals surface area contributed by atoms with Gasteiger partial charge in [-0.2, -0.15) is 0 Å². The molecule has 10 heteroatoms. The standard InChI is InChI=1S/C28H32N4O4S2/c1-28(2,3)36-27(34)31-15-13-30(14-16-31)11-7-12-32(25(33)24-10-6-17-37-24)26-29-21(19-38-26)23-18-20-8-4-5-9-22(20)35-23/h4-6,8-10,17-19H,7,11-16H2,1-3H3. The first-order valence-electron chi connectivity index (χ1n) is 12.8. The number of carbonyl (C=O) groups is 2. The van der Waals surface area contributed by atoms with Crippen LogP contribution >= 0.6 is 22.7 Å². The van der Waals surface area contributed by atoms with Crippen molar-refractivity contribution >= 4 is 50.8 Å². The van der Waals surface area contributed by atoms with Gasteiger partial charge in [0.25, 0.3) is 5.91 Å². The molecule has 1 saturated heterocycles. The molecular weight excluding hydrogens is 520 g/mol. The van der Waals surface area contributed by atoms with Crippen LogP contribution in [0.15, 0.2) is 57.6 Å². The van der Waals surface area contributed by atoms with Crippen molar-refractivity contribution < 1.29 is 18.7 Å². The van der Waals surface area contributed by atoms with Crippen molar-refractivity contribution in [2.75, 3.05) is 44.2 Å². The lowest BCUT2D eigenvalue weighted by Gasteiger charge is -2.35. The molecule has 0 bridgehead atoms. The highest BCUT2D eigenvalue weighted by Gasteiger charge is 2.27. The van der Waals surface area contributed by atoms with Crippen LogP contribution in [0.4, 0.5) is 9.93 Å². The third kappa shape index (κ3) is 6.25. The molecule has 0 spiro atoms. The monoisotopic (exact) mass is 552 g/mol. The van der Waals surface area contributed by atoms with Crippen LogP contribution in [0.3, 0.4) is 0 Å². The number of benzene rings is 1. The van der Waals surface area contributed by atoms with E-state index in [1.807, 2.05) is 74.0 Å². The summed E-state index contributed by atoms with van der Waals surface area (Å²) in [6, 6.07) is 13.6. The Balaban J connectivity index is 1.22. The maximum Gasteiger partial charge on any atom is 0.410 e. The van der Waals surface area contributed by atoms with Gasteiger partial charge in [0.15, 0.2) is 10.9 Å². The number of thiophene rings is 1. The SMILES string of the molecule is CC(C)(C)OC(=O)N1CCN(CCCN(C(=O)c2cccs2)c2nc(-c3cc4ccccc4o3)cs2)CC1. The van der Waals surface area contributed by atoms with Gasteiger partial charge in [-0.05, 0) is 57.3 Å². The molecule has 5 rings (SSSR count). The third-order valence-electron chi connectivity index (χ3n) is 6.26. The second-order valence-corrected chi connectivity index (χ2v) is 12.0. The van der Waals surface area contributed by atoms with Crippen molar-refractivity contribution in [3.8, 4) is 11.5 Å². The molecule has 0 atom stereocenters. The van der Waals surface area contributed by atoms with Crippen LogP contribution in [-0.2, 0) is 4.74 Å². The van der Waals surface area contributed by atoms with E-state index in [1.165, 1.54) is 22.7 Å². The summed E-state index contributed by atoms with van der Waals surface area (Å²) in [7, 11) is 0. The Bertz CT molecular complexity index is 1350. The fraction of sp³-hybridized carbons (Fsp3) is 0.393. The maximum atomic E-state index is 13.4. The van der Waals surface area contributed by atoms with Gasteiger partial charge < -0.3 is 14.1 Å². The molecule has 4 aromatic rings. The minimum atomic E-state index is -0.493. The minimum absolute atomic E-state index is 0.0414. The number of furan rings is 1. The second kappa shape index (κ2) is 11.3. The Morgan fingerprint density at radius 2 is 1.87 bits per heavy atom. The summed E-state index contributed by atoms with van der Waals surface area (Å²) in [5, 5.41) is 5.54. The molecule has 3 aromatic heterocycles. The van der Waals surface area contributed by atoms with E-state index in [0.29, 0.717) is 35.4 Å². The first-order chi connectivity index (χ1) is 18.3. The molecule has 1 fully saturated rings. The van der Waals surface area contributed by atoms with Gasteiger partial charge in [0, 0.05) is 43.5 Å². The predicted octanol–water partition coefficient (Wildman–Crippen LogP) is 6.21. The molecule has 2 amide bonds. The zero-order chi connectivity index (χ0) is 26.7. The third-order valence-corrected chi connectivity index (χ3v) is 7.98. The van der Waals surface area contributed by atoms with Gasteiger partial charge >= 0.3 is 6.09 Å². The number of amides is 2. The number of anilines is 1. The number of thiazole rings is 1. The number of nitrogens with zero attached hydrogens (tertiary/aromatic N) is 4. The maximum absolute atomic E-state index is 13.4. The molecule has 0 N–H and O–H groups in total. The van der Waals surface area contributed by atoms with E-state index in [2.05, 4.69) is 4.90 Å². The smallest absolute Gasteiger partial charge is 0.410 e. The molecule has 1 aliphatic rings. The number of carbonyl (C=O) groups excluding carboxylic acids is 2. The van der Waals surface area contributed by atoms with E-state index in [4.69, 9.17) is 14.1 Å². The second-order valence-electron chi connectivity index (χ2n) is 10.3. The summed E-state index contributed by atoms with van der Waals surface area (Å²) >= 11 is 2.88. The highest BCUT2D eigenvalue weighted by atomic mass is 32.1. The van der Waals surface area contributed by atoms with Crippen LogP contribution in [-0.4, -0.2) is 71.7 Å². The number of para-hydroxylation sites is 1. The molecule has 4 heterocycles. The van der Waals surface area contributed by atoms with Gasteiger partial charge in [0.1, 0.15) is 16.9 Å². The Morgan fingerprint density at radius 1 is 1.08 bits per heavy atom. The van der Waals surface area contributed by atoms with E-state index in [9.17, 15) is 9.59 Å². The number of hydrogen-bond acceptors (Lipinski definition) is 8. The summed E-state index contributed by atoms with van der Waals surface area (Å²) < 4.78 is 11.5. The van der Waals surface area contributed by atoms with Crippen molar-refractivity contribution in [3.05, 3.63) is 58.1 Å². The Hall–Kier alpha value is -3.21. The van der Waals surface area contributed by atoms with Crippen LogP contribution in [0, 0.1) is 0 Å². The lowest BCUT2D eigenvalue weighted by Crippen LogP contribution is -2.50. The first kappa shape index (κ1) is 26.4. The number of aromatic nitrogens is 1. The molecule has 1 aromatic carbocycles. The molecule has 0 radical (unpaired) electrons. The van der Waals surface area contributed by atoms with Crippen molar-refractivity contribution in [3.63, 3.8) is 0 Å².